The van der Waals surface area contributed by atoms with Gasteiger partial charge < -0.3 is 9.47 Å². The second-order valence-electron chi connectivity index (χ2n) is 7.81. The lowest BCUT2D eigenvalue weighted by molar-refractivity contribution is -0.385. The van der Waals surface area contributed by atoms with Gasteiger partial charge in [-0.1, -0.05) is 6.07 Å². The van der Waals surface area contributed by atoms with Gasteiger partial charge in [0.1, 0.15) is 0 Å². The number of halogens is 1. The van der Waals surface area contributed by atoms with Crippen molar-refractivity contribution in [2.45, 2.75) is 37.6 Å². The Balaban J connectivity index is 0.00000385. The van der Waals surface area contributed by atoms with E-state index in [1.165, 1.54) is 23.3 Å². The normalized spacial score (nSPS) is 13.7. The lowest BCUT2D eigenvalue weighted by atomic mass is 9.98. The number of non-ortho nitro benzene ring substituents is 1. The number of sulfonamides is 1. The van der Waals surface area contributed by atoms with Gasteiger partial charge in [0, 0.05) is 31.8 Å². The number of nitrogens with one attached hydrogen (secondary N) is 1. The molecular formula is C22H30ClN3O6S. The maximum absolute atomic E-state index is 12.6. The molecule has 0 unspecified atom stereocenters. The fraction of sp³-hybridized carbons (Fsp3) is 0.455. The highest BCUT2D eigenvalue weighted by molar-refractivity contribution is 7.89. The van der Waals surface area contributed by atoms with Crippen LogP contribution in [0.5, 0.6) is 11.5 Å². The highest BCUT2D eigenvalue weighted by Gasteiger charge is 2.21. The Kier molecular flexibility index (Phi) is 9.47. The molecule has 11 heteroatoms. The van der Waals surface area contributed by atoms with E-state index in [0.29, 0.717) is 12.0 Å². The molecule has 2 aromatic rings. The number of benzene rings is 2. The van der Waals surface area contributed by atoms with Gasteiger partial charge in [-0.05, 0) is 61.6 Å². The topological polar surface area (TPSA) is 111 Å². The van der Waals surface area contributed by atoms with Crippen LogP contribution in [0, 0.1) is 17.0 Å². The van der Waals surface area contributed by atoms with E-state index in [1.54, 1.807) is 21.1 Å². The summed E-state index contributed by atoms with van der Waals surface area (Å²) >= 11 is 0. The van der Waals surface area contributed by atoms with Crippen LogP contribution >= 0.6 is 12.4 Å². The van der Waals surface area contributed by atoms with E-state index in [-0.39, 0.29) is 29.5 Å². The quantitative estimate of drug-likeness (QED) is 0.302. The first-order chi connectivity index (χ1) is 15.2. The van der Waals surface area contributed by atoms with Crippen LogP contribution in [-0.4, -0.2) is 52.1 Å². The highest BCUT2D eigenvalue weighted by Crippen LogP contribution is 2.33. The molecule has 1 heterocycles. The summed E-state index contributed by atoms with van der Waals surface area (Å²) in [6.07, 6.45) is 2.43. The summed E-state index contributed by atoms with van der Waals surface area (Å²) in [5, 5.41) is 11.0. The number of hydrogen-bond donors (Lipinski definition) is 1. The van der Waals surface area contributed by atoms with E-state index in [4.69, 9.17) is 9.47 Å². The van der Waals surface area contributed by atoms with Crippen LogP contribution < -0.4 is 14.2 Å². The molecular weight excluding hydrogens is 470 g/mol. The number of nitrogens with zero attached hydrogens (tertiary/aromatic N) is 2. The predicted octanol–water partition coefficient (Wildman–Crippen LogP) is 3.46. The number of hydrogen-bond acceptors (Lipinski definition) is 7. The number of methoxy groups -OCH3 is 2. The second kappa shape index (κ2) is 11.6. The Bertz CT molecular complexity index is 1090. The van der Waals surface area contributed by atoms with Crippen LogP contribution in [0.4, 0.5) is 5.69 Å². The smallest absolute Gasteiger partial charge is 0.270 e. The molecule has 0 saturated carbocycles. The third-order valence-corrected chi connectivity index (χ3v) is 7.27. The van der Waals surface area contributed by atoms with Crippen LogP contribution in [0.1, 0.15) is 29.5 Å². The van der Waals surface area contributed by atoms with Crippen LogP contribution in [0.25, 0.3) is 0 Å². The molecule has 182 valence electrons. The van der Waals surface area contributed by atoms with Crippen LogP contribution in [0.3, 0.4) is 0 Å². The molecule has 9 nitrogen and oxygen atoms in total. The molecule has 0 atom stereocenters. The number of ether oxygens (including phenoxy) is 2. The van der Waals surface area contributed by atoms with Crippen LogP contribution in [-0.2, 0) is 23.0 Å². The van der Waals surface area contributed by atoms with Crippen molar-refractivity contribution in [3.63, 3.8) is 0 Å². The third-order valence-electron chi connectivity index (χ3n) is 5.66. The number of unbranched alkanes of at least 4 members (excludes halogenated alkanes) is 1. The molecule has 33 heavy (non-hydrogen) atoms. The summed E-state index contributed by atoms with van der Waals surface area (Å²) < 4.78 is 38.5. The molecule has 0 bridgehead atoms. The van der Waals surface area contributed by atoms with Crippen LogP contribution in [0.2, 0.25) is 0 Å². The summed E-state index contributed by atoms with van der Waals surface area (Å²) in [7, 11) is -0.542. The Morgan fingerprint density at radius 3 is 2.39 bits per heavy atom. The van der Waals surface area contributed by atoms with E-state index in [2.05, 4.69) is 9.62 Å². The zero-order chi connectivity index (χ0) is 23.3. The van der Waals surface area contributed by atoms with Crippen molar-refractivity contribution < 1.29 is 22.8 Å². The molecule has 0 aromatic heterocycles. The molecule has 2 aromatic carbocycles. The van der Waals surface area contributed by atoms with E-state index < -0.39 is 14.9 Å². The minimum atomic E-state index is -3.80. The number of nitro groups is 1. The van der Waals surface area contributed by atoms with Crippen molar-refractivity contribution in [3.8, 4) is 11.5 Å². The van der Waals surface area contributed by atoms with Gasteiger partial charge in [0.25, 0.3) is 5.69 Å². The fourth-order valence-electron chi connectivity index (χ4n) is 3.87. The minimum Gasteiger partial charge on any atom is -0.493 e. The van der Waals surface area contributed by atoms with Gasteiger partial charge in [-0.2, -0.15) is 0 Å². The summed E-state index contributed by atoms with van der Waals surface area (Å²) in [6, 6.07) is 7.92. The maximum Gasteiger partial charge on any atom is 0.270 e. The van der Waals surface area contributed by atoms with Crippen molar-refractivity contribution in [1.82, 2.24) is 9.62 Å². The van der Waals surface area contributed by atoms with Gasteiger partial charge in [0.2, 0.25) is 10.0 Å². The van der Waals surface area contributed by atoms with E-state index in [1.807, 2.05) is 12.1 Å². The summed E-state index contributed by atoms with van der Waals surface area (Å²) in [4.78, 5) is 12.7. The van der Waals surface area contributed by atoms with Gasteiger partial charge >= 0.3 is 0 Å². The van der Waals surface area contributed by atoms with Crippen molar-refractivity contribution in [1.29, 1.82) is 0 Å². The maximum atomic E-state index is 12.6. The molecule has 1 aliphatic heterocycles. The average Bonchev–Trinajstić information content (AvgIpc) is 2.77. The van der Waals surface area contributed by atoms with Gasteiger partial charge in [0.05, 0.1) is 24.0 Å². The molecule has 0 spiro atoms. The van der Waals surface area contributed by atoms with Gasteiger partial charge in [-0.3, -0.25) is 15.0 Å². The monoisotopic (exact) mass is 499 g/mol. The highest BCUT2D eigenvalue weighted by atomic mass is 35.5. The van der Waals surface area contributed by atoms with Crippen LogP contribution in [0.15, 0.2) is 35.2 Å². The Labute approximate surface area is 200 Å². The lowest BCUT2D eigenvalue weighted by Crippen LogP contribution is -2.32. The Morgan fingerprint density at radius 1 is 1.09 bits per heavy atom. The molecule has 0 aliphatic carbocycles. The average molecular weight is 500 g/mol. The molecule has 1 N–H and O–H groups in total. The number of aryl methyl sites for hydroxylation is 1. The van der Waals surface area contributed by atoms with Crippen molar-refractivity contribution in [2.75, 3.05) is 33.9 Å². The Hall–Kier alpha value is -2.40. The summed E-state index contributed by atoms with van der Waals surface area (Å²) in [6.45, 7) is 4.50. The molecule has 0 radical (unpaired) electrons. The number of fused-ring (bicyclic) bond motifs is 1. The van der Waals surface area contributed by atoms with Crippen molar-refractivity contribution in [3.05, 3.63) is 57.1 Å². The molecule has 1 aliphatic rings. The van der Waals surface area contributed by atoms with Gasteiger partial charge in [-0.25, -0.2) is 13.1 Å². The summed E-state index contributed by atoms with van der Waals surface area (Å²) in [5.41, 5.74) is 2.72. The summed E-state index contributed by atoms with van der Waals surface area (Å²) in [5.74, 6) is 1.46. The van der Waals surface area contributed by atoms with E-state index in [0.717, 1.165) is 50.0 Å². The van der Waals surface area contributed by atoms with E-state index in [9.17, 15) is 18.5 Å². The molecule has 0 saturated heterocycles. The van der Waals surface area contributed by atoms with Crippen molar-refractivity contribution in [2.24, 2.45) is 0 Å². The van der Waals surface area contributed by atoms with Crippen molar-refractivity contribution >= 4 is 28.1 Å². The number of rotatable bonds is 10. The third kappa shape index (κ3) is 6.57. The molecule has 3 rings (SSSR count). The Morgan fingerprint density at radius 2 is 1.76 bits per heavy atom. The number of nitro benzene ring substituents is 1. The second-order valence-corrected chi connectivity index (χ2v) is 9.55. The zero-order valence-electron chi connectivity index (χ0n) is 19.0. The lowest BCUT2D eigenvalue weighted by Gasteiger charge is -2.29. The SMILES string of the molecule is COc1cc2c(cc1OC)CN(CCCCNS(=O)(=O)c1cc([N+](=O)[O-])ccc1C)CC2.Cl. The fourth-order valence-corrected chi connectivity index (χ4v) is 5.21. The van der Waals surface area contributed by atoms with Gasteiger partial charge in [-0.15, -0.1) is 12.4 Å². The molecule has 0 fully saturated rings. The minimum absolute atomic E-state index is 0. The first-order valence-corrected chi connectivity index (χ1v) is 11.9. The zero-order valence-corrected chi connectivity index (χ0v) is 20.6. The van der Waals surface area contributed by atoms with Gasteiger partial charge in [0.15, 0.2) is 11.5 Å². The first kappa shape index (κ1) is 26.8. The molecule has 0 amide bonds. The predicted molar refractivity (Wildman–Crippen MR) is 128 cm³/mol. The van der Waals surface area contributed by atoms with E-state index >= 15 is 0 Å². The standard InChI is InChI=1S/C22H29N3O6S.ClH/c1-16-6-7-19(25(26)27)14-22(16)32(28,29)23-9-4-5-10-24-11-8-17-12-20(30-2)21(31-3)13-18(17)15-24;/h6-7,12-14,23H,4-5,8-11,15H2,1-3H3;1H. The largest absolute Gasteiger partial charge is 0.493 e. The first-order valence-electron chi connectivity index (χ1n) is 10.5.